The van der Waals surface area contributed by atoms with E-state index in [1.807, 2.05) is 26.8 Å². The maximum atomic E-state index is 14.2. The van der Waals surface area contributed by atoms with Gasteiger partial charge in [0.05, 0.1) is 20.6 Å². The zero-order valence-electron chi connectivity index (χ0n) is 24.4. The van der Waals surface area contributed by atoms with Crippen molar-refractivity contribution in [2.45, 2.75) is 76.9 Å². The molecule has 1 saturated carbocycles. The van der Waals surface area contributed by atoms with E-state index in [0.29, 0.717) is 21.3 Å². The Balaban J connectivity index is 1.73. The normalized spacial score (nSPS) is 14.4. The van der Waals surface area contributed by atoms with Crippen molar-refractivity contribution in [2.24, 2.45) is 0 Å². The van der Waals surface area contributed by atoms with Gasteiger partial charge in [0.15, 0.2) is 0 Å². The number of anilines is 1. The molecule has 1 aliphatic carbocycles. The average Bonchev–Trinajstić information content (AvgIpc) is 3.46. The third-order valence-corrected chi connectivity index (χ3v) is 10.5. The first kappa shape index (κ1) is 31.9. The Hall–Kier alpha value is -3.07. The highest BCUT2D eigenvalue weighted by atomic mass is 35.5. The van der Waals surface area contributed by atoms with Gasteiger partial charge in [-0.1, -0.05) is 71.9 Å². The minimum Gasteiger partial charge on any atom is -0.352 e. The Morgan fingerprint density at radius 3 is 2.26 bits per heavy atom. The highest BCUT2D eigenvalue weighted by Gasteiger charge is 2.34. The average molecular weight is 631 g/mol. The number of amides is 2. The number of aryl methyl sites for hydroxylation is 2. The molecule has 0 bridgehead atoms. The van der Waals surface area contributed by atoms with Crippen LogP contribution in [0.3, 0.4) is 0 Å². The fourth-order valence-corrected chi connectivity index (χ4v) is 6.96. The topological polar surface area (TPSA) is 86.8 Å². The van der Waals surface area contributed by atoms with E-state index >= 15 is 0 Å². The van der Waals surface area contributed by atoms with Crippen LogP contribution < -0.4 is 9.62 Å². The van der Waals surface area contributed by atoms with Crippen LogP contribution in [0.2, 0.25) is 10.0 Å². The van der Waals surface area contributed by atoms with E-state index < -0.39 is 28.5 Å². The summed E-state index contributed by atoms with van der Waals surface area (Å²) in [6.45, 7) is 6.81. The molecule has 1 N–H and O–H groups in total. The number of halogens is 2. The van der Waals surface area contributed by atoms with Gasteiger partial charge in [-0.2, -0.15) is 0 Å². The van der Waals surface area contributed by atoms with Crippen LogP contribution in [0.15, 0.2) is 65.6 Å². The molecule has 3 aromatic carbocycles. The van der Waals surface area contributed by atoms with Crippen molar-refractivity contribution in [3.05, 3.63) is 93.0 Å². The monoisotopic (exact) mass is 629 g/mol. The van der Waals surface area contributed by atoms with Gasteiger partial charge in [0.1, 0.15) is 12.6 Å². The Kier molecular flexibility index (Phi) is 10.2. The minimum atomic E-state index is -4.14. The molecule has 0 heterocycles. The van der Waals surface area contributed by atoms with Gasteiger partial charge in [0.2, 0.25) is 11.8 Å². The molecule has 3 aromatic rings. The Morgan fingerprint density at radius 1 is 0.952 bits per heavy atom. The first-order chi connectivity index (χ1) is 19.9. The van der Waals surface area contributed by atoms with Crippen LogP contribution in [-0.4, -0.2) is 43.8 Å². The van der Waals surface area contributed by atoms with E-state index in [2.05, 4.69) is 5.32 Å². The van der Waals surface area contributed by atoms with Crippen LogP contribution in [0.4, 0.5) is 5.69 Å². The molecule has 1 fully saturated rings. The molecule has 224 valence electrons. The summed E-state index contributed by atoms with van der Waals surface area (Å²) in [5.41, 5.74) is 3.61. The molecular formula is C32H37Cl2N3O4S. The molecule has 4 rings (SSSR count). The highest BCUT2D eigenvalue weighted by molar-refractivity contribution is 7.92. The van der Waals surface area contributed by atoms with Crippen molar-refractivity contribution >= 4 is 50.7 Å². The lowest BCUT2D eigenvalue weighted by Gasteiger charge is -2.33. The molecular weight excluding hydrogens is 593 g/mol. The van der Waals surface area contributed by atoms with Crippen LogP contribution in [0.25, 0.3) is 0 Å². The van der Waals surface area contributed by atoms with Gasteiger partial charge in [0.25, 0.3) is 10.0 Å². The standard InChI is InChI=1S/C32H37Cl2N3O4S/c1-21-12-15-27(16-13-21)42(40,41)37(30-11-7-8-22(2)23(30)3)20-31(38)36(19-25-14-17-28(33)29(34)18-25)24(4)32(39)35-26-9-5-6-10-26/h7-8,11-18,24,26H,5-6,9-10,19-20H2,1-4H3,(H,35,39). The van der Waals surface area contributed by atoms with Crippen LogP contribution in [0, 0.1) is 20.8 Å². The molecule has 10 heteroatoms. The number of hydrogen-bond acceptors (Lipinski definition) is 4. The van der Waals surface area contributed by atoms with Crippen LogP contribution in [0.1, 0.15) is 54.9 Å². The quantitative estimate of drug-likeness (QED) is 0.274. The van der Waals surface area contributed by atoms with Gasteiger partial charge in [-0.25, -0.2) is 8.42 Å². The SMILES string of the molecule is Cc1ccc(S(=O)(=O)N(CC(=O)N(Cc2ccc(Cl)c(Cl)c2)C(C)C(=O)NC2CCCC2)c2cccc(C)c2C)cc1. The number of carbonyl (C=O) groups is 2. The molecule has 0 aliphatic heterocycles. The first-order valence-electron chi connectivity index (χ1n) is 14.1. The zero-order chi connectivity index (χ0) is 30.6. The van der Waals surface area contributed by atoms with Crippen LogP contribution in [-0.2, 0) is 26.2 Å². The fourth-order valence-electron chi connectivity index (χ4n) is 5.17. The molecule has 2 amide bonds. The van der Waals surface area contributed by atoms with E-state index in [9.17, 15) is 18.0 Å². The van der Waals surface area contributed by atoms with Gasteiger partial charge in [-0.3, -0.25) is 13.9 Å². The molecule has 42 heavy (non-hydrogen) atoms. The van der Waals surface area contributed by atoms with Crippen molar-refractivity contribution in [1.29, 1.82) is 0 Å². The minimum absolute atomic E-state index is 0.0419. The lowest BCUT2D eigenvalue weighted by molar-refractivity contribution is -0.139. The Labute approximate surface area is 258 Å². The van der Waals surface area contributed by atoms with Crippen molar-refractivity contribution < 1.29 is 18.0 Å². The summed E-state index contributed by atoms with van der Waals surface area (Å²) in [7, 11) is -4.14. The number of rotatable bonds is 10. The molecule has 0 aromatic heterocycles. The summed E-state index contributed by atoms with van der Waals surface area (Å²) in [6, 6.07) is 16.1. The van der Waals surface area contributed by atoms with E-state index in [-0.39, 0.29) is 23.4 Å². The van der Waals surface area contributed by atoms with Gasteiger partial charge in [0, 0.05) is 12.6 Å². The summed E-state index contributed by atoms with van der Waals surface area (Å²) in [5.74, 6) is -0.804. The smallest absolute Gasteiger partial charge is 0.264 e. The van der Waals surface area contributed by atoms with E-state index in [0.717, 1.165) is 46.7 Å². The second-order valence-electron chi connectivity index (χ2n) is 11.0. The van der Waals surface area contributed by atoms with E-state index in [4.69, 9.17) is 23.2 Å². The summed E-state index contributed by atoms with van der Waals surface area (Å²) in [6.07, 6.45) is 3.89. The second kappa shape index (κ2) is 13.5. The van der Waals surface area contributed by atoms with Gasteiger partial charge in [-0.15, -0.1) is 0 Å². The highest BCUT2D eigenvalue weighted by Crippen LogP contribution is 2.30. The molecule has 7 nitrogen and oxygen atoms in total. The summed E-state index contributed by atoms with van der Waals surface area (Å²) in [4.78, 5) is 29.0. The first-order valence-corrected chi connectivity index (χ1v) is 16.3. The summed E-state index contributed by atoms with van der Waals surface area (Å²) in [5, 5.41) is 3.77. The largest absolute Gasteiger partial charge is 0.352 e. The number of nitrogens with one attached hydrogen (secondary N) is 1. The fraction of sp³-hybridized carbons (Fsp3) is 0.375. The number of carbonyl (C=O) groups excluding carboxylic acids is 2. The molecule has 0 saturated heterocycles. The molecule has 0 spiro atoms. The predicted molar refractivity (Wildman–Crippen MR) is 168 cm³/mol. The lowest BCUT2D eigenvalue weighted by Crippen LogP contribution is -2.52. The van der Waals surface area contributed by atoms with Gasteiger partial charge >= 0.3 is 0 Å². The van der Waals surface area contributed by atoms with Crippen LogP contribution in [0.5, 0.6) is 0 Å². The van der Waals surface area contributed by atoms with Crippen molar-refractivity contribution in [2.75, 3.05) is 10.8 Å². The number of nitrogens with zero attached hydrogens (tertiary/aromatic N) is 2. The van der Waals surface area contributed by atoms with Gasteiger partial charge < -0.3 is 10.2 Å². The van der Waals surface area contributed by atoms with Crippen molar-refractivity contribution in [3.8, 4) is 0 Å². The Bertz CT molecular complexity index is 1550. The van der Waals surface area contributed by atoms with Crippen molar-refractivity contribution in [3.63, 3.8) is 0 Å². The number of sulfonamides is 1. The van der Waals surface area contributed by atoms with Gasteiger partial charge in [-0.05, 0) is 87.6 Å². The second-order valence-corrected chi connectivity index (χ2v) is 13.7. The third kappa shape index (κ3) is 7.28. The molecule has 1 atom stereocenters. The summed E-state index contributed by atoms with van der Waals surface area (Å²) < 4.78 is 29.3. The maximum Gasteiger partial charge on any atom is 0.264 e. The molecule has 0 radical (unpaired) electrons. The molecule has 1 unspecified atom stereocenters. The van der Waals surface area contributed by atoms with Crippen LogP contribution >= 0.6 is 23.2 Å². The molecule has 1 aliphatic rings. The van der Waals surface area contributed by atoms with E-state index in [1.54, 1.807) is 61.5 Å². The zero-order valence-corrected chi connectivity index (χ0v) is 26.7. The predicted octanol–water partition coefficient (Wildman–Crippen LogP) is 6.59. The summed E-state index contributed by atoms with van der Waals surface area (Å²) >= 11 is 12.4. The number of hydrogen-bond donors (Lipinski definition) is 1. The Morgan fingerprint density at radius 2 is 1.62 bits per heavy atom. The van der Waals surface area contributed by atoms with Crippen molar-refractivity contribution in [1.82, 2.24) is 10.2 Å². The maximum absolute atomic E-state index is 14.2. The lowest BCUT2D eigenvalue weighted by atomic mass is 10.1. The number of benzene rings is 3. The van der Waals surface area contributed by atoms with E-state index in [1.165, 1.54) is 4.90 Å². The third-order valence-electron chi connectivity index (χ3n) is 7.94.